The molecular weight excluding hydrogens is 295 g/mol. The normalized spacial score (nSPS) is 16.0. The Morgan fingerprint density at radius 2 is 1.63 bits per heavy atom. The van der Waals surface area contributed by atoms with Gasteiger partial charge in [-0.1, -0.05) is 0 Å². The fourth-order valence-electron chi connectivity index (χ4n) is 1.90. The van der Waals surface area contributed by atoms with E-state index in [0.717, 1.165) is 4.47 Å². The van der Waals surface area contributed by atoms with Crippen LogP contribution in [0.1, 0.15) is 5.56 Å². The van der Waals surface area contributed by atoms with Crippen molar-refractivity contribution in [2.45, 2.75) is 12.7 Å². The van der Waals surface area contributed by atoms with E-state index in [1.54, 1.807) is 0 Å². The van der Waals surface area contributed by atoms with E-state index in [0.29, 0.717) is 0 Å². The van der Waals surface area contributed by atoms with E-state index in [1.807, 2.05) is 24.3 Å². The van der Waals surface area contributed by atoms with Gasteiger partial charge in [0.15, 0.2) is 0 Å². The summed E-state index contributed by atoms with van der Waals surface area (Å²) in [7, 11) is 0. The third-order valence-corrected chi connectivity index (χ3v) is 10.9. The molecule has 1 atom stereocenters. The van der Waals surface area contributed by atoms with Crippen molar-refractivity contribution in [2.75, 3.05) is 0 Å². The first-order valence-electron chi connectivity index (χ1n) is 6.12. The molecule has 0 N–H and O–H groups in total. The quantitative estimate of drug-likeness (QED) is 0.539. The van der Waals surface area contributed by atoms with Crippen LogP contribution in [0.3, 0.4) is 0 Å². The van der Waals surface area contributed by atoms with Crippen molar-refractivity contribution >= 4 is 17.3 Å². The Bertz CT molecular complexity index is 531. The van der Waals surface area contributed by atoms with Gasteiger partial charge in [0, 0.05) is 0 Å². The first kappa shape index (κ1) is 15.5. The second-order valence-electron chi connectivity index (χ2n) is 4.41. The monoisotopic (exact) mass is 318 g/mol. The van der Waals surface area contributed by atoms with Crippen LogP contribution >= 0.6 is 0 Å². The second kappa shape index (κ2) is 6.56. The molecule has 0 aliphatic heterocycles. The minimum absolute atomic E-state index is 1.10. The summed E-state index contributed by atoms with van der Waals surface area (Å²) in [5.41, 5.74) is 1.26. The van der Waals surface area contributed by atoms with Crippen molar-refractivity contribution in [3.8, 4) is 0 Å². The number of rotatable bonds is 6. The van der Waals surface area contributed by atoms with Crippen molar-refractivity contribution < 1.29 is 0 Å². The summed E-state index contributed by atoms with van der Waals surface area (Å²) in [6.45, 7) is 18.0. The van der Waals surface area contributed by atoms with Gasteiger partial charge in [-0.3, -0.25) is 0 Å². The topological polar surface area (TPSA) is 0 Å². The van der Waals surface area contributed by atoms with Crippen molar-refractivity contribution in [2.24, 2.45) is 0 Å². The fourth-order valence-corrected chi connectivity index (χ4v) is 7.34. The molecular formula is C18H22Se. The standard InChI is InChI=1S/C18H22Se/c1-7-10-17(9-3)19(6,16(5)8-2)18-13-11-15(4)12-14-18/h7-14H,1-3,5H2,4,6H3/b17-10+. The molecule has 1 heteroatoms. The van der Waals surface area contributed by atoms with Gasteiger partial charge >= 0.3 is 119 Å². The summed E-state index contributed by atoms with van der Waals surface area (Å²) in [6, 6.07) is 8.70. The maximum atomic E-state index is 4.22. The zero-order valence-corrected chi connectivity index (χ0v) is 13.6. The van der Waals surface area contributed by atoms with E-state index in [-0.39, 0.29) is 0 Å². The number of aryl methyl sites for hydroxylation is 1. The predicted molar refractivity (Wildman–Crippen MR) is 90.2 cm³/mol. The molecule has 0 aliphatic carbocycles. The Balaban J connectivity index is 3.51. The summed E-state index contributed by atoms with van der Waals surface area (Å²) >= 11 is -2.26. The van der Waals surface area contributed by atoms with Gasteiger partial charge in [0.1, 0.15) is 0 Å². The van der Waals surface area contributed by atoms with E-state index in [1.165, 1.54) is 14.5 Å². The molecule has 0 saturated carbocycles. The van der Waals surface area contributed by atoms with Gasteiger partial charge in [0.2, 0.25) is 0 Å². The summed E-state index contributed by atoms with van der Waals surface area (Å²) in [4.78, 5) is 0. The number of hydrogen-bond donors (Lipinski definition) is 0. The van der Waals surface area contributed by atoms with E-state index < -0.39 is 12.8 Å². The van der Waals surface area contributed by atoms with Crippen LogP contribution in [0.25, 0.3) is 0 Å². The summed E-state index contributed by atoms with van der Waals surface area (Å²) in [6.07, 6.45) is 7.66. The zero-order chi connectivity index (χ0) is 14.5. The molecule has 0 heterocycles. The number of benzene rings is 1. The van der Waals surface area contributed by atoms with Crippen molar-refractivity contribution in [1.82, 2.24) is 0 Å². The van der Waals surface area contributed by atoms with Gasteiger partial charge in [0.25, 0.3) is 0 Å². The molecule has 100 valence electrons. The molecule has 1 aromatic carbocycles. The van der Waals surface area contributed by atoms with Gasteiger partial charge in [-0.25, -0.2) is 0 Å². The van der Waals surface area contributed by atoms with Crippen LogP contribution in [0.2, 0.25) is 5.82 Å². The number of hydrogen-bond acceptors (Lipinski definition) is 0. The Kier molecular flexibility index (Phi) is 5.35. The van der Waals surface area contributed by atoms with Crippen molar-refractivity contribution in [3.63, 3.8) is 0 Å². The van der Waals surface area contributed by atoms with Crippen LogP contribution in [0.5, 0.6) is 0 Å². The molecule has 0 amide bonds. The van der Waals surface area contributed by atoms with Crippen LogP contribution in [0.15, 0.2) is 83.8 Å². The molecule has 1 unspecified atom stereocenters. The molecule has 0 aromatic heterocycles. The van der Waals surface area contributed by atoms with Crippen LogP contribution in [0, 0.1) is 6.92 Å². The van der Waals surface area contributed by atoms with Crippen LogP contribution in [0.4, 0.5) is 0 Å². The van der Waals surface area contributed by atoms with Crippen molar-refractivity contribution in [3.05, 3.63) is 89.4 Å². The average Bonchev–Trinajstić information content (AvgIpc) is 2.43. The van der Waals surface area contributed by atoms with Gasteiger partial charge in [-0.15, -0.1) is 0 Å². The van der Waals surface area contributed by atoms with Gasteiger partial charge < -0.3 is 0 Å². The van der Waals surface area contributed by atoms with Crippen LogP contribution < -0.4 is 4.46 Å². The van der Waals surface area contributed by atoms with Gasteiger partial charge in [-0.05, 0) is 0 Å². The summed E-state index contributed by atoms with van der Waals surface area (Å²) in [5, 5.41) is 0. The summed E-state index contributed by atoms with van der Waals surface area (Å²) < 4.78 is 3.66. The predicted octanol–water partition coefficient (Wildman–Crippen LogP) is 4.40. The molecule has 0 spiro atoms. The summed E-state index contributed by atoms with van der Waals surface area (Å²) in [5.74, 6) is 2.29. The van der Waals surface area contributed by atoms with E-state index >= 15 is 0 Å². The molecule has 0 fully saturated rings. The SMILES string of the molecule is C=C/C=C(\C=C)[Se](C)(C(=C)C=C)c1ccc(C)cc1. The van der Waals surface area contributed by atoms with E-state index in [2.05, 4.69) is 63.3 Å². The van der Waals surface area contributed by atoms with E-state index in [4.69, 9.17) is 0 Å². The first-order chi connectivity index (χ1) is 9.00. The third kappa shape index (κ3) is 3.07. The Hall–Kier alpha value is -1.56. The average molecular weight is 317 g/mol. The molecule has 1 aromatic rings. The molecule has 0 nitrogen and oxygen atoms in total. The van der Waals surface area contributed by atoms with Crippen LogP contribution in [-0.4, -0.2) is 12.8 Å². The number of allylic oxidation sites excluding steroid dienone is 6. The maximum absolute atomic E-state index is 4.22. The third-order valence-electron chi connectivity index (χ3n) is 3.20. The molecule has 0 radical (unpaired) electrons. The molecule has 0 aliphatic rings. The Labute approximate surface area is 119 Å². The molecule has 0 bridgehead atoms. The Morgan fingerprint density at radius 3 is 2.05 bits per heavy atom. The minimum atomic E-state index is -2.26. The second-order valence-corrected chi connectivity index (χ2v) is 11.3. The van der Waals surface area contributed by atoms with Gasteiger partial charge in [0.05, 0.1) is 0 Å². The molecule has 1 rings (SSSR count). The molecule has 0 saturated heterocycles. The first-order valence-corrected chi connectivity index (χ1v) is 10.4. The Morgan fingerprint density at radius 1 is 1.05 bits per heavy atom. The molecule has 19 heavy (non-hydrogen) atoms. The van der Waals surface area contributed by atoms with Crippen molar-refractivity contribution in [1.29, 1.82) is 0 Å². The van der Waals surface area contributed by atoms with Gasteiger partial charge in [-0.2, -0.15) is 0 Å². The van der Waals surface area contributed by atoms with E-state index in [9.17, 15) is 0 Å². The fraction of sp³-hybridized carbons (Fsp3) is 0.111. The zero-order valence-electron chi connectivity index (χ0n) is 11.9. The van der Waals surface area contributed by atoms with Crippen LogP contribution in [-0.2, 0) is 0 Å².